The molecule has 0 aromatic heterocycles. The number of hydrogen-bond donors (Lipinski definition) is 3. The minimum atomic E-state index is 0.165. The lowest BCUT2D eigenvalue weighted by Crippen LogP contribution is -2.32. The third-order valence-corrected chi connectivity index (χ3v) is 1.66. The first-order valence-corrected chi connectivity index (χ1v) is 4.71. The predicted molar refractivity (Wildman–Crippen MR) is 56.0 cm³/mol. The Bertz CT molecular complexity index is 141. The fourth-order valence-electron chi connectivity index (χ4n) is 1.03. The van der Waals surface area contributed by atoms with Gasteiger partial charge in [0.15, 0.2) is 5.96 Å². The number of aliphatic imine (C=N–C) groups is 1. The summed E-state index contributed by atoms with van der Waals surface area (Å²) in [4.78, 5) is 3.88. The molecule has 0 aliphatic carbocycles. The summed E-state index contributed by atoms with van der Waals surface area (Å²) in [5.41, 5.74) is 10.3. The van der Waals surface area contributed by atoms with Gasteiger partial charge < -0.3 is 11.5 Å². The number of unbranched alkanes of at least 4 members (excludes halogenated alkanes) is 1. The molecule has 6 N–H and O–H groups in total. The molecule has 0 rings (SSSR count). The molecular formula is C8H21N5. The smallest absolute Gasteiger partial charge is 0.185 e. The van der Waals surface area contributed by atoms with Gasteiger partial charge in [0.25, 0.3) is 0 Å². The van der Waals surface area contributed by atoms with Gasteiger partial charge in [0, 0.05) is 19.6 Å². The Hall–Kier alpha value is -0.810. The Balaban J connectivity index is 3.20. The van der Waals surface area contributed by atoms with Crippen LogP contribution in [0.4, 0.5) is 0 Å². The molecule has 0 aliphatic rings. The van der Waals surface area contributed by atoms with Crippen LogP contribution in [0.25, 0.3) is 0 Å². The van der Waals surface area contributed by atoms with E-state index in [4.69, 9.17) is 17.3 Å². The van der Waals surface area contributed by atoms with Crippen LogP contribution in [0.1, 0.15) is 26.2 Å². The van der Waals surface area contributed by atoms with Crippen molar-refractivity contribution in [2.75, 3.05) is 19.6 Å². The van der Waals surface area contributed by atoms with E-state index in [2.05, 4.69) is 11.9 Å². The Kier molecular flexibility index (Phi) is 7.33. The van der Waals surface area contributed by atoms with Gasteiger partial charge in [0.1, 0.15) is 0 Å². The Labute approximate surface area is 79.9 Å². The molecule has 0 aliphatic heterocycles. The summed E-state index contributed by atoms with van der Waals surface area (Å²) >= 11 is 0. The predicted octanol–water partition coefficient (Wildman–Crippen LogP) is -0.374. The fourth-order valence-corrected chi connectivity index (χ4v) is 1.03. The van der Waals surface area contributed by atoms with Crippen molar-refractivity contribution in [3.63, 3.8) is 0 Å². The second-order valence-corrected chi connectivity index (χ2v) is 3.05. The minimum absolute atomic E-state index is 0.165. The van der Waals surface area contributed by atoms with Crippen molar-refractivity contribution in [1.29, 1.82) is 0 Å². The molecule has 0 spiro atoms. The van der Waals surface area contributed by atoms with Gasteiger partial charge in [0.2, 0.25) is 0 Å². The third-order valence-electron chi connectivity index (χ3n) is 1.66. The molecule has 78 valence electrons. The topological polar surface area (TPSA) is 93.7 Å². The Morgan fingerprint density at radius 2 is 1.92 bits per heavy atom. The van der Waals surface area contributed by atoms with E-state index in [0.717, 1.165) is 32.4 Å². The first-order valence-electron chi connectivity index (χ1n) is 4.71. The maximum Gasteiger partial charge on any atom is 0.185 e. The van der Waals surface area contributed by atoms with Crippen LogP contribution in [-0.2, 0) is 0 Å². The standard InChI is InChI=1S/C8H21N5/c1-2-6-13(11)7-4-3-5-12-8(9)10/h2-7,11H2,1H3,(H4,9,10,12). The first kappa shape index (κ1) is 12.2. The van der Waals surface area contributed by atoms with E-state index in [0.29, 0.717) is 6.54 Å². The third kappa shape index (κ3) is 9.10. The zero-order valence-corrected chi connectivity index (χ0v) is 8.37. The van der Waals surface area contributed by atoms with Crippen molar-refractivity contribution in [2.24, 2.45) is 22.3 Å². The maximum atomic E-state index is 5.67. The van der Waals surface area contributed by atoms with Gasteiger partial charge in [0.05, 0.1) is 0 Å². The molecule has 0 saturated heterocycles. The molecule has 0 radical (unpaired) electrons. The van der Waals surface area contributed by atoms with E-state index in [1.165, 1.54) is 0 Å². The van der Waals surface area contributed by atoms with Crippen LogP contribution < -0.4 is 17.3 Å². The summed E-state index contributed by atoms with van der Waals surface area (Å²) in [6.07, 6.45) is 3.10. The SMILES string of the molecule is CCCN(N)CCCCN=C(N)N. The Morgan fingerprint density at radius 3 is 2.46 bits per heavy atom. The monoisotopic (exact) mass is 187 g/mol. The fraction of sp³-hybridized carbons (Fsp3) is 0.875. The number of guanidine groups is 1. The molecule has 0 saturated carbocycles. The largest absolute Gasteiger partial charge is 0.370 e. The van der Waals surface area contributed by atoms with Gasteiger partial charge in [-0.1, -0.05) is 6.92 Å². The molecule has 0 fully saturated rings. The van der Waals surface area contributed by atoms with Gasteiger partial charge in [-0.2, -0.15) is 0 Å². The molecule has 0 amide bonds. The van der Waals surface area contributed by atoms with Crippen LogP contribution >= 0.6 is 0 Å². The second kappa shape index (κ2) is 7.82. The van der Waals surface area contributed by atoms with Crippen LogP contribution in [0.15, 0.2) is 4.99 Å². The average Bonchev–Trinajstić information content (AvgIpc) is 2.03. The lowest BCUT2D eigenvalue weighted by molar-refractivity contribution is 0.278. The van der Waals surface area contributed by atoms with Gasteiger partial charge in [-0.25, -0.2) is 5.01 Å². The van der Waals surface area contributed by atoms with Crippen molar-refractivity contribution in [2.45, 2.75) is 26.2 Å². The minimum Gasteiger partial charge on any atom is -0.370 e. The highest BCUT2D eigenvalue weighted by atomic mass is 15.4. The van der Waals surface area contributed by atoms with Crippen LogP contribution in [0.2, 0.25) is 0 Å². The van der Waals surface area contributed by atoms with Crippen molar-refractivity contribution < 1.29 is 0 Å². The quantitative estimate of drug-likeness (QED) is 0.167. The van der Waals surface area contributed by atoms with Crippen LogP contribution in [-0.4, -0.2) is 30.6 Å². The zero-order valence-electron chi connectivity index (χ0n) is 8.37. The van der Waals surface area contributed by atoms with Gasteiger partial charge in [-0.15, -0.1) is 0 Å². The lowest BCUT2D eigenvalue weighted by Gasteiger charge is -2.13. The van der Waals surface area contributed by atoms with Crippen LogP contribution in [0, 0.1) is 0 Å². The van der Waals surface area contributed by atoms with Crippen molar-refractivity contribution in [1.82, 2.24) is 5.01 Å². The van der Waals surface area contributed by atoms with Gasteiger partial charge in [-0.3, -0.25) is 10.8 Å². The molecule has 0 bridgehead atoms. The maximum absolute atomic E-state index is 5.67. The molecule has 0 unspecified atom stereocenters. The van der Waals surface area contributed by atoms with E-state index in [1.54, 1.807) is 0 Å². The lowest BCUT2D eigenvalue weighted by atomic mass is 10.3. The highest BCUT2D eigenvalue weighted by molar-refractivity contribution is 5.75. The summed E-state index contributed by atoms with van der Waals surface area (Å²) in [6, 6.07) is 0. The second-order valence-electron chi connectivity index (χ2n) is 3.05. The van der Waals surface area contributed by atoms with E-state index in [9.17, 15) is 0 Å². The molecule has 0 aromatic carbocycles. The zero-order chi connectivity index (χ0) is 10.1. The number of hydrogen-bond acceptors (Lipinski definition) is 3. The van der Waals surface area contributed by atoms with Crippen molar-refractivity contribution in [3.05, 3.63) is 0 Å². The van der Waals surface area contributed by atoms with Crippen molar-refractivity contribution >= 4 is 5.96 Å². The first-order chi connectivity index (χ1) is 6.16. The summed E-state index contributed by atoms with van der Waals surface area (Å²) in [7, 11) is 0. The molecule has 0 aromatic rings. The normalized spacial score (nSPS) is 10.4. The Morgan fingerprint density at radius 1 is 1.23 bits per heavy atom. The molecular weight excluding hydrogens is 166 g/mol. The highest BCUT2D eigenvalue weighted by Gasteiger charge is 1.95. The van der Waals surface area contributed by atoms with E-state index >= 15 is 0 Å². The molecule has 0 heterocycles. The van der Waals surface area contributed by atoms with Gasteiger partial charge in [-0.05, 0) is 19.3 Å². The molecule has 13 heavy (non-hydrogen) atoms. The molecule has 5 heteroatoms. The van der Waals surface area contributed by atoms with Gasteiger partial charge >= 0.3 is 0 Å². The number of nitrogens with zero attached hydrogens (tertiary/aromatic N) is 2. The number of rotatable bonds is 7. The van der Waals surface area contributed by atoms with Crippen LogP contribution in [0.5, 0.6) is 0 Å². The average molecular weight is 187 g/mol. The summed E-state index contributed by atoms with van der Waals surface area (Å²) in [5.74, 6) is 5.84. The summed E-state index contributed by atoms with van der Waals surface area (Å²) in [6.45, 7) is 4.66. The van der Waals surface area contributed by atoms with E-state index in [-0.39, 0.29) is 5.96 Å². The van der Waals surface area contributed by atoms with E-state index in [1.807, 2.05) is 5.01 Å². The molecule has 0 atom stereocenters. The highest BCUT2D eigenvalue weighted by Crippen LogP contribution is 1.92. The van der Waals surface area contributed by atoms with Crippen molar-refractivity contribution in [3.8, 4) is 0 Å². The number of hydrazine groups is 1. The van der Waals surface area contributed by atoms with E-state index < -0.39 is 0 Å². The molecule has 5 nitrogen and oxygen atoms in total. The number of nitrogens with two attached hydrogens (primary N) is 3. The summed E-state index contributed by atoms with van der Waals surface area (Å²) in [5, 5.41) is 1.83. The summed E-state index contributed by atoms with van der Waals surface area (Å²) < 4.78 is 0. The van der Waals surface area contributed by atoms with Crippen LogP contribution in [0.3, 0.4) is 0 Å².